The fourth-order valence-corrected chi connectivity index (χ4v) is 2.16. The van der Waals surface area contributed by atoms with E-state index in [0.717, 1.165) is 22.5 Å². The lowest BCUT2D eigenvalue weighted by molar-refractivity contribution is 0.118. The van der Waals surface area contributed by atoms with Crippen molar-refractivity contribution in [2.45, 2.75) is 20.0 Å². The van der Waals surface area contributed by atoms with Crippen molar-refractivity contribution in [3.63, 3.8) is 0 Å². The van der Waals surface area contributed by atoms with Crippen molar-refractivity contribution in [2.24, 2.45) is 0 Å². The van der Waals surface area contributed by atoms with Crippen LogP contribution in [-0.2, 0) is 9.47 Å². The summed E-state index contributed by atoms with van der Waals surface area (Å²) in [4.78, 5) is 11.0. The van der Waals surface area contributed by atoms with E-state index in [2.05, 4.69) is 5.10 Å². The molecule has 0 bridgehead atoms. The fraction of sp³-hybridized carbons (Fsp3) is 0.286. The molecule has 0 radical (unpaired) electrons. The van der Waals surface area contributed by atoms with Crippen molar-refractivity contribution in [2.75, 3.05) is 6.61 Å². The van der Waals surface area contributed by atoms with E-state index in [1.807, 2.05) is 49.0 Å². The van der Waals surface area contributed by atoms with Gasteiger partial charge in [0.05, 0.1) is 11.4 Å². The number of hydrogen-bond acceptors (Lipinski definition) is 4. The first kappa shape index (κ1) is 11.8. The molecule has 0 aliphatic carbocycles. The molecular formula is C14H14N2O3. The van der Waals surface area contributed by atoms with Gasteiger partial charge in [0.1, 0.15) is 6.61 Å². The van der Waals surface area contributed by atoms with Crippen LogP contribution >= 0.6 is 0 Å². The highest BCUT2D eigenvalue weighted by atomic mass is 16.8. The summed E-state index contributed by atoms with van der Waals surface area (Å²) < 4.78 is 11.7. The molecular weight excluding hydrogens is 244 g/mol. The lowest BCUT2D eigenvalue weighted by Crippen LogP contribution is -2.03. The maximum atomic E-state index is 11.0. The second kappa shape index (κ2) is 4.42. The average Bonchev–Trinajstić information content (AvgIpc) is 2.97. The van der Waals surface area contributed by atoms with Crippen LogP contribution in [0.1, 0.15) is 22.9 Å². The molecule has 1 aliphatic rings. The summed E-state index contributed by atoms with van der Waals surface area (Å²) in [6.45, 7) is 4.21. The van der Waals surface area contributed by atoms with Crippen molar-refractivity contribution in [1.29, 1.82) is 0 Å². The smallest absolute Gasteiger partial charge is 0.430 e. The van der Waals surface area contributed by atoms with Crippen LogP contribution in [0, 0.1) is 13.8 Å². The Kier molecular flexibility index (Phi) is 2.74. The predicted octanol–water partition coefficient (Wildman–Crippen LogP) is 2.70. The largest absolute Gasteiger partial charge is 0.509 e. The topological polar surface area (TPSA) is 53.4 Å². The van der Waals surface area contributed by atoms with E-state index in [1.165, 1.54) is 0 Å². The van der Waals surface area contributed by atoms with Crippen LogP contribution in [-0.4, -0.2) is 22.5 Å². The van der Waals surface area contributed by atoms with Crippen molar-refractivity contribution in [3.05, 3.63) is 47.3 Å². The Morgan fingerprint density at radius 1 is 1.32 bits per heavy atom. The van der Waals surface area contributed by atoms with Gasteiger partial charge >= 0.3 is 6.16 Å². The summed E-state index contributed by atoms with van der Waals surface area (Å²) in [5.74, 6) is 0. The van der Waals surface area contributed by atoms with Gasteiger partial charge in [0, 0.05) is 6.20 Å². The summed E-state index contributed by atoms with van der Waals surface area (Å²) in [6.07, 6.45) is 0.969. The molecule has 1 aromatic heterocycles. The van der Waals surface area contributed by atoms with Gasteiger partial charge in [-0.1, -0.05) is 6.07 Å². The maximum Gasteiger partial charge on any atom is 0.509 e. The number of cyclic esters (lactones) is 2. The number of aryl methyl sites for hydroxylation is 2. The first-order valence-corrected chi connectivity index (χ1v) is 6.09. The van der Waals surface area contributed by atoms with Gasteiger partial charge in [0.15, 0.2) is 6.10 Å². The van der Waals surface area contributed by atoms with Crippen LogP contribution in [0.2, 0.25) is 0 Å². The van der Waals surface area contributed by atoms with E-state index in [9.17, 15) is 4.79 Å². The minimum Gasteiger partial charge on any atom is -0.430 e. The predicted molar refractivity (Wildman–Crippen MR) is 68.2 cm³/mol. The second-order valence-corrected chi connectivity index (χ2v) is 4.67. The van der Waals surface area contributed by atoms with Crippen LogP contribution < -0.4 is 0 Å². The molecule has 5 heteroatoms. The third kappa shape index (κ3) is 2.31. The van der Waals surface area contributed by atoms with Gasteiger partial charge in [-0.25, -0.2) is 9.48 Å². The molecule has 1 saturated heterocycles. The molecule has 2 aromatic rings. The summed E-state index contributed by atoms with van der Waals surface area (Å²) >= 11 is 0. The second-order valence-electron chi connectivity index (χ2n) is 4.67. The van der Waals surface area contributed by atoms with Gasteiger partial charge in [-0.15, -0.1) is 0 Å². The van der Waals surface area contributed by atoms with Gasteiger partial charge in [0.2, 0.25) is 0 Å². The van der Waals surface area contributed by atoms with Gasteiger partial charge in [-0.2, -0.15) is 5.10 Å². The van der Waals surface area contributed by atoms with Gasteiger partial charge < -0.3 is 9.47 Å². The SMILES string of the molecule is Cc1cc(C2COC(=O)O2)cc(-n2ccc(C)n2)c1. The summed E-state index contributed by atoms with van der Waals surface area (Å²) in [5, 5.41) is 4.38. The van der Waals surface area contributed by atoms with Crippen molar-refractivity contribution < 1.29 is 14.3 Å². The number of carbonyl (C=O) groups excluding carboxylic acids is 1. The zero-order valence-corrected chi connectivity index (χ0v) is 10.8. The Hall–Kier alpha value is -2.30. The number of carbonyl (C=O) groups is 1. The molecule has 1 atom stereocenters. The number of hydrogen-bond donors (Lipinski definition) is 0. The number of rotatable bonds is 2. The Morgan fingerprint density at radius 2 is 2.16 bits per heavy atom. The Bertz CT molecular complexity index is 633. The first-order chi connectivity index (χ1) is 9.11. The number of nitrogens with zero attached hydrogens (tertiary/aromatic N) is 2. The monoisotopic (exact) mass is 258 g/mol. The summed E-state index contributed by atoms with van der Waals surface area (Å²) in [5.41, 5.74) is 3.92. The van der Waals surface area contributed by atoms with E-state index < -0.39 is 6.16 Å². The lowest BCUT2D eigenvalue weighted by Gasteiger charge is -2.11. The molecule has 1 fully saturated rings. The summed E-state index contributed by atoms with van der Waals surface area (Å²) in [7, 11) is 0. The first-order valence-electron chi connectivity index (χ1n) is 6.09. The maximum absolute atomic E-state index is 11.0. The van der Waals surface area contributed by atoms with Crippen molar-refractivity contribution >= 4 is 6.16 Å². The molecule has 3 rings (SSSR count). The molecule has 2 heterocycles. The van der Waals surface area contributed by atoms with Gasteiger partial charge in [-0.05, 0) is 43.2 Å². The zero-order chi connectivity index (χ0) is 13.4. The molecule has 1 aromatic carbocycles. The standard InChI is InChI=1S/C14H14N2O3/c1-9-5-11(13-8-18-14(17)19-13)7-12(6-9)16-4-3-10(2)15-16/h3-7,13H,8H2,1-2H3. The highest BCUT2D eigenvalue weighted by Crippen LogP contribution is 2.26. The highest BCUT2D eigenvalue weighted by Gasteiger charge is 2.27. The van der Waals surface area contributed by atoms with E-state index in [-0.39, 0.29) is 12.7 Å². The Balaban J connectivity index is 1.98. The number of aromatic nitrogens is 2. The normalized spacial score (nSPS) is 18.2. The van der Waals surface area contributed by atoms with Gasteiger partial charge in [0.25, 0.3) is 0 Å². The van der Waals surface area contributed by atoms with Gasteiger partial charge in [-0.3, -0.25) is 0 Å². The fourth-order valence-electron chi connectivity index (χ4n) is 2.16. The average molecular weight is 258 g/mol. The molecule has 0 amide bonds. The van der Waals surface area contributed by atoms with Crippen LogP contribution in [0.3, 0.4) is 0 Å². The van der Waals surface area contributed by atoms with Crippen molar-refractivity contribution in [1.82, 2.24) is 9.78 Å². The molecule has 19 heavy (non-hydrogen) atoms. The minimum atomic E-state index is -0.608. The highest BCUT2D eigenvalue weighted by molar-refractivity contribution is 5.62. The Morgan fingerprint density at radius 3 is 2.79 bits per heavy atom. The molecule has 98 valence electrons. The van der Waals surface area contributed by atoms with Crippen LogP contribution in [0.4, 0.5) is 4.79 Å². The number of ether oxygens (including phenoxy) is 2. The third-order valence-corrected chi connectivity index (χ3v) is 3.03. The van der Waals surface area contributed by atoms with Crippen molar-refractivity contribution in [3.8, 4) is 5.69 Å². The Labute approximate surface area is 110 Å². The molecule has 0 N–H and O–H groups in total. The summed E-state index contributed by atoms with van der Waals surface area (Å²) in [6, 6.07) is 7.94. The van der Waals surface area contributed by atoms with E-state index >= 15 is 0 Å². The molecule has 1 unspecified atom stereocenters. The van der Waals surface area contributed by atoms with E-state index in [4.69, 9.17) is 9.47 Å². The quantitative estimate of drug-likeness (QED) is 0.777. The van der Waals surface area contributed by atoms with E-state index in [0.29, 0.717) is 0 Å². The minimum absolute atomic E-state index is 0.264. The molecule has 0 spiro atoms. The molecule has 0 saturated carbocycles. The van der Waals surface area contributed by atoms with Crippen LogP contribution in [0.5, 0.6) is 0 Å². The van der Waals surface area contributed by atoms with E-state index in [1.54, 1.807) is 0 Å². The third-order valence-electron chi connectivity index (χ3n) is 3.03. The lowest BCUT2D eigenvalue weighted by atomic mass is 10.1. The number of benzene rings is 1. The zero-order valence-electron chi connectivity index (χ0n) is 10.8. The molecule has 5 nitrogen and oxygen atoms in total. The molecule has 1 aliphatic heterocycles. The van der Waals surface area contributed by atoms with Crippen LogP contribution in [0.25, 0.3) is 5.69 Å². The van der Waals surface area contributed by atoms with Crippen LogP contribution in [0.15, 0.2) is 30.5 Å².